The Morgan fingerprint density at radius 1 is 1.32 bits per heavy atom. The van der Waals surface area contributed by atoms with Gasteiger partial charge in [-0.1, -0.05) is 0 Å². The first-order valence-electron chi connectivity index (χ1n) is 6.12. The average molecular weight is 257 g/mol. The summed E-state index contributed by atoms with van der Waals surface area (Å²) >= 11 is 0. The van der Waals surface area contributed by atoms with Gasteiger partial charge in [-0.05, 0) is 30.7 Å². The molecule has 0 saturated heterocycles. The maximum Gasteiger partial charge on any atom is 0.262 e. The van der Waals surface area contributed by atoms with Crippen molar-refractivity contribution in [3.63, 3.8) is 0 Å². The normalized spacial score (nSPS) is 12.4. The van der Waals surface area contributed by atoms with Crippen molar-refractivity contribution in [1.29, 1.82) is 0 Å². The van der Waals surface area contributed by atoms with Gasteiger partial charge in [-0.3, -0.25) is 4.79 Å². The minimum atomic E-state index is -0.0267. The minimum Gasteiger partial charge on any atom is -0.497 e. The van der Waals surface area contributed by atoms with Crippen molar-refractivity contribution in [2.45, 2.75) is 13.5 Å². The first kappa shape index (κ1) is 11.8. The van der Waals surface area contributed by atoms with E-state index in [1.54, 1.807) is 18.7 Å². The lowest BCUT2D eigenvalue weighted by Gasteiger charge is -2.22. The second-order valence-corrected chi connectivity index (χ2v) is 4.70. The van der Waals surface area contributed by atoms with Crippen LogP contribution in [0.25, 0.3) is 11.1 Å². The number of ether oxygens (including phenoxy) is 2. The highest BCUT2D eigenvalue weighted by atomic mass is 16.5. The van der Waals surface area contributed by atoms with Crippen molar-refractivity contribution in [2.24, 2.45) is 7.05 Å². The van der Waals surface area contributed by atoms with Crippen LogP contribution in [0.15, 0.2) is 29.1 Å². The predicted molar refractivity (Wildman–Crippen MR) is 72.7 cm³/mol. The molecule has 2 aromatic rings. The zero-order chi connectivity index (χ0) is 13.6. The van der Waals surface area contributed by atoms with E-state index >= 15 is 0 Å². The highest BCUT2D eigenvalue weighted by Crippen LogP contribution is 2.36. The molecule has 0 fully saturated rings. The van der Waals surface area contributed by atoms with Gasteiger partial charge in [0.05, 0.1) is 12.7 Å². The first-order chi connectivity index (χ1) is 9.11. The van der Waals surface area contributed by atoms with Crippen LogP contribution >= 0.6 is 0 Å². The summed E-state index contributed by atoms with van der Waals surface area (Å²) in [5, 5.41) is 0. The van der Waals surface area contributed by atoms with Gasteiger partial charge in [-0.15, -0.1) is 0 Å². The highest BCUT2D eigenvalue weighted by Gasteiger charge is 2.22. The molecule has 4 nitrogen and oxygen atoms in total. The van der Waals surface area contributed by atoms with E-state index in [9.17, 15) is 4.79 Å². The summed E-state index contributed by atoms with van der Waals surface area (Å²) in [7, 11) is 3.40. The molecule has 0 bridgehead atoms. The average Bonchev–Trinajstić information content (AvgIpc) is 2.43. The lowest BCUT2D eigenvalue weighted by atomic mass is 9.97. The largest absolute Gasteiger partial charge is 0.497 e. The molecule has 1 aliphatic heterocycles. The molecular formula is C15H15NO3. The van der Waals surface area contributed by atoms with Crippen LogP contribution in [0.1, 0.15) is 11.3 Å². The molecule has 1 aliphatic rings. The van der Waals surface area contributed by atoms with Crippen LogP contribution in [0.4, 0.5) is 0 Å². The van der Waals surface area contributed by atoms with Crippen molar-refractivity contribution < 1.29 is 9.47 Å². The molecule has 0 radical (unpaired) electrons. The Morgan fingerprint density at radius 2 is 2.11 bits per heavy atom. The van der Waals surface area contributed by atoms with E-state index in [1.807, 2.05) is 31.2 Å². The summed E-state index contributed by atoms with van der Waals surface area (Å²) in [5.41, 5.74) is 3.41. The van der Waals surface area contributed by atoms with Crippen LogP contribution in [0, 0.1) is 6.92 Å². The molecule has 1 aromatic heterocycles. The van der Waals surface area contributed by atoms with Crippen LogP contribution in [-0.4, -0.2) is 11.7 Å². The number of aryl methyl sites for hydroxylation is 1. The third kappa shape index (κ3) is 1.71. The van der Waals surface area contributed by atoms with Gasteiger partial charge in [-0.2, -0.15) is 0 Å². The Balaban J connectivity index is 2.29. The topological polar surface area (TPSA) is 40.5 Å². The molecule has 3 rings (SSSR count). The fourth-order valence-electron chi connectivity index (χ4n) is 2.37. The van der Waals surface area contributed by atoms with E-state index in [1.165, 1.54) is 0 Å². The third-order valence-corrected chi connectivity index (χ3v) is 3.60. The van der Waals surface area contributed by atoms with Crippen LogP contribution in [0.5, 0.6) is 11.5 Å². The molecule has 0 amide bonds. The molecular weight excluding hydrogens is 242 g/mol. The zero-order valence-electron chi connectivity index (χ0n) is 11.2. The molecule has 98 valence electrons. The fraction of sp³-hybridized carbons (Fsp3) is 0.267. The molecule has 1 aromatic carbocycles. The molecule has 0 unspecified atom stereocenters. The summed E-state index contributed by atoms with van der Waals surface area (Å²) in [6.07, 6.45) is 0. The number of rotatable bonds is 1. The van der Waals surface area contributed by atoms with Crippen LogP contribution in [0.3, 0.4) is 0 Å². The van der Waals surface area contributed by atoms with Crippen LogP contribution in [0.2, 0.25) is 0 Å². The Morgan fingerprint density at radius 3 is 2.84 bits per heavy atom. The van der Waals surface area contributed by atoms with Crippen molar-refractivity contribution >= 4 is 0 Å². The van der Waals surface area contributed by atoms with E-state index < -0.39 is 0 Å². The van der Waals surface area contributed by atoms with Crippen LogP contribution in [-0.2, 0) is 13.7 Å². The summed E-state index contributed by atoms with van der Waals surface area (Å²) in [4.78, 5) is 12.4. The third-order valence-electron chi connectivity index (χ3n) is 3.60. The fourth-order valence-corrected chi connectivity index (χ4v) is 2.37. The lowest BCUT2D eigenvalue weighted by Crippen LogP contribution is -2.24. The smallest absolute Gasteiger partial charge is 0.262 e. The SMILES string of the molecule is COc1ccc2c(c1)COc1cc(C)n(C)c(=O)c1-2. The Kier molecular flexibility index (Phi) is 2.59. The van der Waals surface area contributed by atoms with Crippen molar-refractivity contribution in [3.8, 4) is 22.6 Å². The van der Waals surface area contributed by atoms with Crippen molar-refractivity contribution in [3.05, 3.63) is 45.9 Å². The minimum absolute atomic E-state index is 0.0267. The number of fused-ring (bicyclic) bond motifs is 3. The van der Waals surface area contributed by atoms with Gasteiger partial charge in [0, 0.05) is 24.4 Å². The summed E-state index contributed by atoms with van der Waals surface area (Å²) in [6.45, 7) is 2.36. The number of hydrogen-bond acceptors (Lipinski definition) is 3. The number of pyridine rings is 1. The van der Waals surface area contributed by atoms with Gasteiger partial charge in [-0.25, -0.2) is 0 Å². The van der Waals surface area contributed by atoms with Gasteiger partial charge >= 0.3 is 0 Å². The number of hydrogen-bond donors (Lipinski definition) is 0. The quantitative estimate of drug-likeness (QED) is 0.786. The van der Waals surface area contributed by atoms with Gasteiger partial charge in [0.25, 0.3) is 5.56 Å². The summed E-state index contributed by atoms with van der Waals surface area (Å²) < 4.78 is 12.5. The summed E-state index contributed by atoms with van der Waals surface area (Å²) in [6, 6.07) is 7.61. The summed E-state index contributed by atoms with van der Waals surface area (Å²) in [5.74, 6) is 1.44. The molecule has 0 aliphatic carbocycles. The van der Waals surface area contributed by atoms with Gasteiger partial charge in [0.2, 0.25) is 0 Å². The maximum absolute atomic E-state index is 12.4. The molecule has 0 N–H and O–H groups in total. The number of benzene rings is 1. The Labute approximate surface area is 111 Å². The Bertz CT molecular complexity index is 716. The molecule has 0 saturated carbocycles. The van der Waals surface area contributed by atoms with Crippen LogP contribution < -0.4 is 15.0 Å². The van der Waals surface area contributed by atoms with E-state index in [2.05, 4.69) is 0 Å². The van der Waals surface area contributed by atoms with Gasteiger partial charge < -0.3 is 14.0 Å². The Hall–Kier alpha value is -2.23. The highest BCUT2D eigenvalue weighted by molar-refractivity contribution is 5.75. The number of methoxy groups -OCH3 is 1. The van der Waals surface area contributed by atoms with E-state index in [0.717, 1.165) is 22.6 Å². The van der Waals surface area contributed by atoms with Gasteiger partial charge in [0.15, 0.2) is 0 Å². The van der Waals surface area contributed by atoms with E-state index in [-0.39, 0.29) is 5.56 Å². The van der Waals surface area contributed by atoms with Gasteiger partial charge in [0.1, 0.15) is 18.1 Å². The molecule has 2 heterocycles. The predicted octanol–water partition coefficient (Wildman–Crippen LogP) is 2.26. The standard InChI is InChI=1S/C15H15NO3/c1-9-6-13-14(15(17)16(9)2)12-5-4-11(18-3)7-10(12)8-19-13/h4-7H,8H2,1-3H3. The number of aromatic nitrogens is 1. The molecule has 0 spiro atoms. The maximum atomic E-state index is 12.4. The molecule has 4 heteroatoms. The van der Waals surface area contributed by atoms with Crippen molar-refractivity contribution in [2.75, 3.05) is 7.11 Å². The molecule has 19 heavy (non-hydrogen) atoms. The lowest BCUT2D eigenvalue weighted by molar-refractivity contribution is 0.299. The molecule has 0 atom stereocenters. The second kappa shape index (κ2) is 4.16. The zero-order valence-corrected chi connectivity index (χ0v) is 11.2. The first-order valence-corrected chi connectivity index (χ1v) is 6.12. The number of nitrogens with zero attached hydrogens (tertiary/aromatic N) is 1. The van der Waals surface area contributed by atoms with E-state index in [0.29, 0.717) is 17.9 Å². The van der Waals surface area contributed by atoms with E-state index in [4.69, 9.17) is 9.47 Å². The van der Waals surface area contributed by atoms with Crippen molar-refractivity contribution in [1.82, 2.24) is 4.57 Å². The monoisotopic (exact) mass is 257 g/mol. The second-order valence-electron chi connectivity index (χ2n) is 4.70.